The molecule has 1 aromatic carbocycles. The first-order valence-electron chi connectivity index (χ1n) is 7.12. The van der Waals surface area contributed by atoms with Gasteiger partial charge < -0.3 is 16.4 Å². The molecule has 0 radical (unpaired) electrons. The monoisotopic (exact) mass is 278 g/mol. The highest BCUT2D eigenvalue weighted by molar-refractivity contribution is 5.75. The van der Waals surface area contributed by atoms with E-state index < -0.39 is 0 Å². The molecule has 112 valence electrons. The Morgan fingerprint density at radius 3 is 2.10 bits per heavy atom. The third-order valence-corrected chi connectivity index (χ3v) is 3.39. The van der Waals surface area contributed by atoms with Gasteiger partial charge in [0, 0.05) is 25.3 Å². The van der Waals surface area contributed by atoms with Crippen LogP contribution in [0.5, 0.6) is 0 Å². The van der Waals surface area contributed by atoms with Crippen molar-refractivity contribution >= 4 is 11.6 Å². The maximum atomic E-state index is 11.2. The number of rotatable bonds is 9. The van der Waals surface area contributed by atoms with Gasteiger partial charge in [-0.1, -0.05) is 26.0 Å². The Labute approximate surface area is 121 Å². The summed E-state index contributed by atoms with van der Waals surface area (Å²) >= 11 is 0. The van der Waals surface area contributed by atoms with Crippen LogP contribution >= 0.6 is 0 Å². The smallest absolute Gasteiger partial charge is 0.231 e. The molecule has 0 fully saturated rings. The molecule has 0 bridgehead atoms. The number of carbonyl (C=O) groups is 1. The summed E-state index contributed by atoms with van der Waals surface area (Å²) in [5, 5.41) is 0. The van der Waals surface area contributed by atoms with E-state index in [1.54, 1.807) is 0 Å². The third kappa shape index (κ3) is 6.04. The van der Waals surface area contributed by atoms with E-state index in [4.69, 9.17) is 11.5 Å². The molecule has 0 saturated carbocycles. The second kappa shape index (κ2) is 8.55. The van der Waals surface area contributed by atoms with Crippen LogP contribution in [0.2, 0.25) is 0 Å². The van der Waals surface area contributed by atoms with E-state index in [1.807, 2.05) is 24.3 Å². The van der Waals surface area contributed by atoms with Gasteiger partial charge in [0.2, 0.25) is 5.91 Å². The number of amides is 1. The molecule has 0 aliphatic heterocycles. The summed E-state index contributed by atoms with van der Waals surface area (Å²) < 4.78 is 0. The molecule has 0 saturated heterocycles. The number of nitrogen functional groups attached to an aromatic ring is 1. The van der Waals surface area contributed by atoms with Crippen molar-refractivity contribution in [2.75, 3.05) is 38.5 Å². The molecule has 5 heteroatoms. The zero-order valence-electron chi connectivity index (χ0n) is 12.5. The number of carbonyl (C=O) groups excluding carboxylic acids is 1. The maximum Gasteiger partial charge on any atom is 0.231 e. The second-order valence-corrected chi connectivity index (χ2v) is 4.95. The van der Waals surface area contributed by atoms with E-state index >= 15 is 0 Å². The largest absolute Gasteiger partial charge is 0.399 e. The van der Waals surface area contributed by atoms with Crippen LogP contribution in [0.15, 0.2) is 24.3 Å². The molecule has 0 unspecified atom stereocenters. The number of primary amides is 1. The fraction of sp³-hybridized carbons (Fsp3) is 0.533. The van der Waals surface area contributed by atoms with Crippen molar-refractivity contribution in [2.45, 2.75) is 20.4 Å². The predicted molar refractivity (Wildman–Crippen MR) is 83.1 cm³/mol. The Kier molecular flexibility index (Phi) is 7.04. The van der Waals surface area contributed by atoms with Crippen LogP contribution in [0.4, 0.5) is 5.69 Å². The Balaban J connectivity index is 2.59. The second-order valence-electron chi connectivity index (χ2n) is 4.95. The van der Waals surface area contributed by atoms with Crippen molar-refractivity contribution in [1.82, 2.24) is 9.80 Å². The van der Waals surface area contributed by atoms with Crippen molar-refractivity contribution in [2.24, 2.45) is 5.73 Å². The Morgan fingerprint density at radius 1 is 1.05 bits per heavy atom. The zero-order chi connectivity index (χ0) is 15.0. The van der Waals surface area contributed by atoms with Gasteiger partial charge in [-0.15, -0.1) is 0 Å². The molecule has 0 heterocycles. The number of likely N-dealkylation sites (N-methyl/N-ethyl adjacent to an activating group) is 1. The first kappa shape index (κ1) is 16.5. The number of nitrogens with two attached hydrogens (primary N) is 2. The highest BCUT2D eigenvalue weighted by Crippen LogP contribution is 2.08. The fourth-order valence-electron chi connectivity index (χ4n) is 2.14. The standard InChI is InChI=1S/C15H26N4O/c1-3-18(4-2)9-10-19(12-15(17)20)11-13-5-7-14(16)8-6-13/h5-8H,3-4,9-12,16H2,1-2H3,(H2,17,20). The fourth-order valence-corrected chi connectivity index (χ4v) is 2.14. The minimum absolute atomic E-state index is 0.283. The van der Waals surface area contributed by atoms with E-state index in [0.717, 1.165) is 37.4 Å². The van der Waals surface area contributed by atoms with Crippen molar-refractivity contribution in [3.8, 4) is 0 Å². The van der Waals surface area contributed by atoms with Crippen LogP contribution in [0, 0.1) is 0 Å². The van der Waals surface area contributed by atoms with Crippen LogP contribution in [0.1, 0.15) is 19.4 Å². The van der Waals surface area contributed by atoms with Gasteiger partial charge in [-0.2, -0.15) is 0 Å². The highest BCUT2D eigenvalue weighted by Gasteiger charge is 2.10. The van der Waals surface area contributed by atoms with Crippen LogP contribution in [-0.4, -0.2) is 48.4 Å². The summed E-state index contributed by atoms with van der Waals surface area (Å²) in [6.07, 6.45) is 0. The Bertz CT molecular complexity index is 401. The molecule has 0 aliphatic rings. The molecule has 0 aromatic heterocycles. The topological polar surface area (TPSA) is 75.6 Å². The molecular formula is C15H26N4O. The maximum absolute atomic E-state index is 11.2. The molecule has 1 amide bonds. The summed E-state index contributed by atoms with van der Waals surface area (Å²) in [4.78, 5) is 15.6. The minimum Gasteiger partial charge on any atom is -0.399 e. The summed E-state index contributed by atoms with van der Waals surface area (Å²) in [6.45, 7) is 9.08. The molecule has 4 N–H and O–H groups in total. The van der Waals surface area contributed by atoms with Gasteiger partial charge in [0.1, 0.15) is 0 Å². The van der Waals surface area contributed by atoms with Crippen molar-refractivity contribution < 1.29 is 4.79 Å². The highest BCUT2D eigenvalue weighted by atomic mass is 16.1. The minimum atomic E-state index is -0.292. The molecule has 20 heavy (non-hydrogen) atoms. The predicted octanol–water partition coefficient (Wildman–Crippen LogP) is 0.898. The van der Waals surface area contributed by atoms with Crippen LogP contribution in [0.3, 0.4) is 0 Å². The quantitative estimate of drug-likeness (QED) is 0.658. The van der Waals surface area contributed by atoms with Crippen LogP contribution < -0.4 is 11.5 Å². The van der Waals surface area contributed by atoms with E-state index in [0.29, 0.717) is 6.54 Å². The van der Waals surface area contributed by atoms with E-state index in [2.05, 4.69) is 23.6 Å². The van der Waals surface area contributed by atoms with Crippen LogP contribution in [-0.2, 0) is 11.3 Å². The van der Waals surface area contributed by atoms with Gasteiger partial charge in [-0.05, 0) is 30.8 Å². The molecule has 5 nitrogen and oxygen atoms in total. The van der Waals surface area contributed by atoms with Gasteiger partial charge in [0.25, 0.3) is 0 Å². The normalized spacial score (nSPS) is 11.2. The number of hydrogen-bond acceptors (Lipinski definition) is 4. The summed E-state index contributed by atoms with van der Waals surface area (Å²) in [6, 6.07) is 7.73. The summed E-state index contributed by atoms with van der Waals surface area (Å²) in [7, 11) is 0. The number of nitrogens with zero attached hydrogens (tertiary/aromatic N) is 2. The van der Waals surface area contributed by atoms with E-state index in [9.17, 15) is 4.79 Å². The molecule has 0 atom stereocenters. The SMILES string of the molecule is CCN(CC)CCN(CC(N)=O)Cc1ccc(N)cc1. The Morgan fingerprint density at radius 2 is 1.60 bits per heavy atom. The lowest BCUT2D eigenvalue weighted by atomic mass is 10.2. The van der Waals surface area contributed by atoms with Crippen molar-refractivity contribution in [3.63, 3.8) is 0 Å². The lowest BCUT2D eigenvalue weighted by Gasteiger charge is -2.25. The van der Waals surface area contributed by atoms with Gasteiger partial charge in [0.15, 0.2) is 0 Å². The number of benzene rings is 1. The molecule has 0 aliphatic carbocycles. The van der Waals surface area contributed by atoms with Crippen molar-refractivity contribution in [1.29, 1.82) is 0 Å². The van der Waals surface area contributed by atoms with Gasteiger partial charge in [-0.25, -0.2) is 0 Å². The average molecular weight is 278 g/mol. The first-order valence-corrected chi connectivity index (χ1v) is 7.12. The van der Waals surface area contributed by atoms with Gasteiger partial charge in [-0.3, -0.25) is 9.69 Å². The molecule has 0 spiro atoms. The number of anilines is 1. The van der Waals surface area contributed by atoms with Gasteiger partial charge >= 0.3 is 0 Å². The summed E-state index contributed by atoms with van der Waals surface area (Å²) in [5.41, 5.74) is 12.9. The molecule has 1 aromatic rings. The summed E-state index contributed by atoms with van der Waals surface area (Å²) in [5.74, 6) is -0.292. The van der Waals surface area contributed by atoms with Crippen molar-refractivity contribution in [3.05, 3.63) is 29.8 Å². The lowest BCUT2D eigenvalue weighted by Crippen LogP contribution is -2.39. The van der Waals surface area contributed by atoms with E-state index in [1.165, 1.54) is 0 Å². The van der Waals surface area contributed by atoms with E-state index in [-0.39, 0.29) is 12.5 Å². The van der Waals surface area contributed by atoms with Crippen LogP contribution in [0.25, 0.3) is 0 Å². The third-order valence-electron chi connectivity index (χ3n) is 3.39. The number of hydrogen-bond donors (Lipinski definition) is 2. The van der Waals surface area contributed by atoms with Gasteiger partial charge in [0.05, 0.1) is 6.54 Å². The Hall–Kier alpha value is -1.59. The lowest BCUT2D eigenvalue weighted by molar-refractivity contribution is -0.119. The molecule has 1 rings (SSSR count). The zero-order valence-corrected chi connectivity index (χ0v) is 12.5. The average Bonchev–Trinajstić information content (AvgIpc) is 2.41. The molecular weight excluding hydrogens is 252 g/mol. The first-order chi connectivity index (χ1) is 9.55.